The van der Waals surface area contributed by atoms with E-state index >= 15 is 0 Å². The molecule has 0 saturated carbocycles. The van der Waals surface area contributed by atoms with Gasteiger partial charge in [0.25, 0.3) is 0 Å². The van der Waals surface area contributed by atoms with Gasteiger partial charge in [0, 0.05) is 25.4 Å². The molecule has 0 bridgehead atoms. The molecule has 0 saturated heterocycles. The monoisotopic (exact) mass is 300 g/mol. The van der Waals surface area contributed by atoms with Crippen LogP contribution in [0, 0.1) is 0 Å². The highest BCUT2D eigenvalue weighted by Gasteiger charge is 2.20. The number of hydrogen-bond acceptors (Lipinski definition) is 5. The normalized spacial score (nSPS) is 11.9. The number of rotatable bonds is 7. The zero-order valence-corrected chi connectivity index (χ0v) is 12.4. The third kappa shape index (κ3) is 5.52. The summed E-state index contributed by atoms with van der Waals surface area (Å²) in [6, 6.07) is 4.86. The summed E-state index contributed by atoms with van der Waals surface area (Å²) in [6.45, 7) is 1.50. The molecule has 0 aromatic carbocycles. The Morgan fingerprint density at radius 3 is 2.79 bits per heavy atom. The standard InChI is InChI=1S/C12H16N2O3S2/c1-9(12(16)17)14(2)11(15)6-8-18-19-10-5-3-4-7-13-10/h3-5,7,9H,6,8H2,1-2H3,(H,16,17). The van der Waals surface area contributed by atoms with Gasteiger partial charge in [-0.2, -0.15) is 0 Å². The summed E-state index contributed by atoms with van der Waals surface area (Å²) in [5.41, 5.74) is 0. The van der Waals surface area contributed by atoms with Gasteiger partial charge in [-0.15, -0.1) is 0 Å². The van der Waals surface area contributed by atoms with Crippen LogP contribution in [-0.2, 0) is 9.59 Å². The fraction of sp³-hybridized carbons (Fsp3) is 0.417. The molecule has 1 aromatic heterocycles. The number of likely N-dealkylation sites (N-methyl/N-ethyl adjacent to an activating group) is 1. The largest absolute Gasteiger partial charge is 0.480 e. The van der Waals surface area contributed by atoms with E-state index in [-0.39, 0.29) is 5.91 Å². The number of aromatic nitrogens is 1. The van der Waals surface area contributed by atoms with Gasteiger partial charge >= 0.3 is 5.97 Å². The Balaban J connectivity index is 2.26. The van der Waals surface area contributed by atoms with Crippen LogP contribution in [0.2, 0.25) is 0 Å². The lowest BCUT2D eigenvalue weighted by Crippen LogP contribution is -2.40. The van der Waals surface area contributed by atoms with E-state index in [9.17, 15) is 9.59 Å². The van der Waals surface area contributed by atoms with Crippen LogP contribution in [0.4, 0.5) is 0 Å². The van der Waals surface area contributed by atoms with Gasteiger partial charge in [-0.25, -0.2) is 9.78 Å². The van der Waals surface area contributed by atoms with Gasteiger partial charge in [-0.05, 0) is 29.9 Å². The van der Waals surface area contributed by atoms with Crippen molar-refractivity contribution in [3.8, 4) is 0 Å². The SMILES string of the molecule is CC(C(=O)O)N(C)C(=O)CCSSc1ccccn1. The number of carboxylic acids is 1. The molecule has 0 aliphatic rings. The summed E-state index contributed by atoms with van der Waals surface area (Å²) >= 11 is 0. The minimum atomic E-state index is -0.994. The van der Waals surface area contributed by atoms with Gasteiger partial charge < -0.3 is 10.0 Å². The van der Waals surface area contributed by atoms with Crippen LogP contribution in [0.5, 0.6) is 0 Å². The second kappa shape index (κ2) is 8.06. The summed E-state index contributed by atoms with van der Waals surface area (Å²) < 4.78 is 0. The highest BCUT2D eigenvalue weighted by molar-refractivity contribution is 8.76. The first-order chi connectivity index (χ1) is 9.02. The quantitative estimate of drug-likeness (QED) is 0.614. The molecular weight excluding hydrogens is 284 g/mol. The maximum atomic E-state index is 11.7. The summed E-state index contributed by atoms with van der Waals surface area (Å²) in [4.78, 5) is 27.9. The van der Waals surface area contributed by atoms with Gasteiger partial charge in [0.1, 0.15) is 11.1 Å². The molecule has 0 spiro atoms. The molecule has 1 N–H and O–H groups in total. The summed E-state index contributed by atoms with van der Waals surface area (Å²) in [5.74, 6) is -0.535. The summed E-state index contributed by atoms with van der Waals surface area (Å²) in [6.07, 6.45) is 2.04. The second-order valence-corrected chi connectivity index (χ2v) is 6.28. The Morgan fingerprint density at radius 2 is 2.21 bits per heavy atom. The number of aliphatic carboxylic acids is 1. The van der Waals surface area contributed by atoms with Crippen LogP contribution in [0.3, 0.4) is 0 Å². The first kappa shape index (κ1) is 15.8. The van der Waals surface area contributed by atoms with E-state index in [4.69, 9.17) is 5.11 Å². The fourth-order valence-electron chi connectivity index (χ4n) is 1.19. The Bertz CT molecular complexity index is 428. The molecule has 1 aromatic rings. The molecule has 1 heterocycles. The average Bonchev–Trinajstić information content (AvgIpc) is 2.42. The second-order valence-electron chi connectivity index (χ2n) is 3.84. The van der Waals surface area contributed by atoms with Crippen molar-refractivity contribution in [2.75, 3.05) is 12.8 Å². The van der Waals surface area contributed by atoms with Crippen molar-refractivity contribution >= 4 is 33.5 Å². The van der Waals surface area contributed by atoms with Crippen LogP contribution < -0.4 is 0 Å². The van der Waals surface area contributed by atoms with Gasteiger partial charge in [0.15, 0.2) is 0 Å². The van der Waals surface area contributed by atoms with Gasteiger partial charge in [0.05, 0.1) is 0 Å². The van der Waals surface area contributed by atoms with Crippen molar-refractivity contribution in [1.82, 2.24) is 9.88 Å². The Labute approximate surface area is 120 Å². The fourth-order valence-corrected chi connectivity index (χ4v) is 3.04. The molecule has 0 aliphatic carbocycles. The number of carbonyl (C=O) groups is 2. The number of carbonyl (C=O) groups excluding carboxylic acids is 1. The van der Waals surface area contributed by atoms with E-state index in [0.29, 0.717) is 12.2 Å². The zero-order valence-electron chi connectivity index (χ0n) is 10.8. The van der Waals surface area contributed by atoms with E-state index in [1.807, 2.05) is 18.2 Å². The van der Waals surface area contributed by atoms with Crippen molar-refractivity contribution < 1.29 is 14.7 Å². The van der Waals surface area contributed by atoms with E-state index in [0.717, 1.165) is 5.03 Å². The maximum Gasteiger partial charge on any atom is 0.326 e. The highest BCUT2D eigenvalue weighted by atomic mass is 33.1. The molecule has 1 unspecified atom stereocenters. The molecule has 1 amide bonds. The predicted octanol–water partition coefficient (Wildman–Crippen LogP) is 2.14. The molecule has 7 heteroatoms. The first-order valence-corrected chi connectivity index (χ1v) is 8.03. The minimum Gasteiger partial charge on any atom is -0.480 e. The van der Waals surface area contributed by atoms with Crippen LogP contribution in [0.15, 0.2) is 29.4 Å². The van der Waals surface area contributed by atoms with Gasteiger partial charge in [-0.3, -0.25) is 4.79 Å². The van der Waals surface area contributed by atoms with Crippen LogP contribution in [-0.4, -0.2) is 45.7 Å². The third-order valence-electron chi connectivity index (χ3n) is 2.51. The predicted molar refractivity (Wildman–Crippen MR) is 77.0 cm³/mol. The Kier molecular flexibility index (Phi) is 6.72. The number of amides is 1. The lowest BCUT2D eigenvalue weighted by molar-refractivity contribution is -0.148. The molecule has 0 radical (unpaired) electrons. The molecule has 19 heavy (non-hydrogen) atoms. The molecular formula is C12H16N2O3S2. The summed E-state index contributed by atoms with van der Waals surface area (Å²) in [5, 5.41) is 9.71. The lowest BCUT2D eigenvalue weighted by atomic mass is 10.3. The molecule has 0 fully saturated rings. The van der Waals surface area contributed by atoms with Crippen molar-refractivity contribution in [1.29, 1.82) is 0 Å². The maximum absolute atomic E-state index is 11.7. The topological polar surface area (TPSA) is 70.5 Å². The van der Waals surface area contributed by atoms with Crippen molar-refractivity contribution in [2.24, 2.45) is 0 Å². The number of nitrogens with zero attached hydrogens (tertiary/aromatic N) is 2. The smallest absolute Gasteiger partial charge is 0.326 e. The van der Waals surface area contributed by atoms with Crippen molar-refractivity contribution in [3.63, 3.8) is 0 Å². The number of pyridine rings is 1. The Hall–Kier alpha value is -1.21. The van der Waals surface area contributed by atoms with Crippen molar-refractivity contribution in [3.05, 3.63) is 24.4 Å². The van der Waals surface area contributed by atoms with E-state index < -0.39 is 12.0 Å². The highest BCUT2D eigenvalue weighted by Crippen LogP contribution is 2.29. The van der Waals surface area contributed by atoms with E-state index in [1.165, 1.54) is 40.5 Å². The molecule has 1 rings (SSSR count). The van der Waals surface area contributed by atoms with E-state index in [1.54, 1.807) is 6.20 Å². The molecule has 1 atom stereocenters. The summed E-state index contributed by atoms with van der Waals surface area (Å²) in [7, 11) is 4.55. The first-order valence-electron chi connectivity index (χ1n) is 5.71. The molecule has 0 aliphatic heterocycles. The third-order valence-corrected chi connectivity index (χ3v) is 4.78. The average molecular weight is 300 g/mol. The van der Waals surface area contributed by atoms with Crippen LogP contribution >= 0.6 is 21.6 Å². The zero-order chi connectivity index (χ0) is 14.3. The number of carboxylic acid groups (broad SMARTS) is 1. The molecule has 5 nitrogen and oxygen atoms in total. The van der Waals surface area contributed by atoms with Crippen LogP contribution in [0.25, 0.3) is 0 Å². The molecule has 104 valence electrons. The number of hydrogen-bond donors (Lipinski definition) is 1. The van der Waals surface area contributed by atoms with Crippen LogP contribution in [0.1, 0.15) is 13.3 Å². The van der Waals surface area contributed by atoms with Gasteiger partial charge in [-0.1, -0.05) is 16.9 Å². The van der Waals surface area contributed by atoms with Crippen molar-refractivity contribution in [2.45, 2.75) is 24.4 Å². The Morgan fingerprint density at radius 1 is 1.47 bits per heavy atom. The minimum absolute atomic E-state index is 0.163. The van der Waals surface area contributed by atoms with E-state index in [2.05, 4.69) is 4.98 Å². The lowest BCUT2D eigenvalue weighted by Gasteiger charge is -2.21. The van der Waals surface area contributed by atoms with Gasteiger partial charge in [0.2, 0.25) is 5.91 Å².